The van der Waals surface area contributed by atoms with Crippen LogP contribution < -0.4 is 14.8 Å². The first-order valence-corrected chi connectivity index (χ1v) is 13.0. The van der Waals surface area contributed by atoms with Crippen molar-refractivity contribution in [3.63, 3.8) is 0 Å². The molecule has 1 heterocycles. The molecule has 1 aliphatic rings. The van der Waals surface area contributed by atoms with Crippen LogP contribution in [0.4, 0.5) is 11.4 Å². The predicted octanol–water partition coefficient (Wildman–Crippen LogP) is 6.28. The zero-order valence-corrected chi connectivity index (χ0v) is 22.7. The summed E-state index contributed by atoms with van der Waals surface area (Å²) in [4.78, 5) is 32.7. The molecule has 1 N–H and O–H groups in total. The first-order chi connectivity index (χ1) is 17.4. The molecule has 7 nitrogen and oxygen atoms in total. The molecule has 10 heteroatoms. The van der Waals surface area contributed by atoms with E-state index in [4.69, 9.17) is 26.1 Å². The molecule has 1 atom stereocenters. The molecule has 1 unspecified atom stereocenters. The number of methoxy groups -OCH3 is 2. The Morgan fingerprint density at radius 1 is 1.11 bits per heavy atom. The Balaban J connectivity index is 1.61. The van der Waals surface area contributed by atoms with Crippen LogP contribution in [0.3, 0.4) is 0 Å². The Labute approximate surface area is 227 Å². The molecule has 1 aliphatic heterocycles. The maximum atomic E-state index is 13.3. The van der Waals surface area contributed by atoms with Gasteiger partial charge in [-0.05, 0) is 60.2 Å². The molecule has 186 valence electrons. The number of anilines is 1. The van der Waals surface area contributed by atoms with E-state index in [0.717, 1.165) is 10.0 Å². The number of amides is 2. The highest BCUT2D eigenvalue weighted by atomic mass is 79.9. The summed E-state index contributed by atoms with van der Waals surface area (Å²) in [7, 11) is 3.13. The van der Waals surface area contributed by atoms with Gasteiger partial charge in [-0.2, -0.15) is 0 Å². The van der Waals surface area contributed by atoms with E-state index in [1.165, 1.54) is 11.8 Å². The van der Waals surface area contributed by atoms with Crippen molar-refractivity contribution in [1.82, 2.24) is 4.90 Å². The molecule has 3 aromatic carbocycles. The van der Waals surface area contributed by atoms with Crippen molar-refractivity contribution in [3.8, 4) is 11.5 Å². The number of aliphatic imine (C=N–C) groups is 1. The van der Waals surface area contributed by atoms with Crippen molar-refractivity contribution in [2.24, 2.45) is 4.99 Å². The number of thioether (sulfide) groups is 1. The summed E-state index contributed by atoms with van der Waals surface area (Å²) < 4.78 is 11.6. The minimum atomic E-state index is -0.635. The number of halogens is 2. The first kappa shape index (κ1) is 26.1. The van der Waals surface area contributed by atoms with Gasteiger partial charge in [0.25, 0.3) is 0 Å². The zero-order chi connectivity index (χ0) is 25.7. The predicted molar refractivity (Wildman–Crippen MR) is 147 cm³/mol. The molecular weight excluding hydrogens is 566 g/mol. The number of carbonyl (C=O) groups excluding carboxylic acids is 2. The van der Waals surface area contributed by atoms with Gasteiger partial charge >= 0.3 is 0 Å². The number of amidine groups is 1. The molecule has 2 amide bonds. The molecule has 0 aromatic heterocycles. The van der Waals surface area contributed by atoms with Gasteiger partial charge < -0.3 is 14.8 Å². The van der Waals surface area contributed by atoms with E-state index in [9.17, 15) is 9.59 Å². The lowest BCUT2D eigenvalue weighted by molar-refractivity contribution is -0.129. The van der Waals surface area contributed by atoms with E-state index in [1.807, 2.05) is 24.3 Å². The van der Waals surface area contributed by atoms with Crippen molar-refractivity contribution in [2.75, 3.05) is 19.5 Å². The Morgan fingerprint density at radius 3 is 2.56 bits per heavy atom. The van der Waals surface area contributed by atoms with Crippen LogP contribution in [0.1, 0.15) is 12.0 Å². The van der Waals surface area contributed by atoms with E-state index < -0.39 is 5.25 Å². The van der Waals surface area contributed by atoms with Crippen LogP contribution in [0.5, 0.6) is 11.5 Å². The third kappa shape index (κ3) is 6.40. The average Bonchev–Trinajstić information content (AvgIpc) is 2.87. The SMILES string of the molecule is COc1ccc(CN2C(=O)CC(C(=O)Nc3cccc(Br)c3)SC2=Nc2ccc(Cl)cc2)cc1OC. The van der Waals surface area contributed by atoms with E-state index in [2.05, 4.69) is 21.2 Å². The van der Waals surface area contributed by atoms with Gasteiger partial charge in [0.15, 0.2) is 16.7 Å². The van der Waals surface area contributed by atoms with Gasteiger partial charge in [-0.3, -0.25) is 14.5 Å². The van der Waals surface area contributed by atoms with Crippen LogP contribution in [-0.2, 0) is 16.1 Å². The number of hydrogen-bond acceptors (Lipinski definition) is 6. The third-order valence-electron chi connectivity index (χ3n) is 5.36. The highest BCUT2D eigenvalue weighted by Crippen LogP contribution is 2.33. The molecule has 1 saturated heterocycles. The fraction of sp³-hybridized carbons (Fsp3) is 0.192. The Kier molecular flexibility index (Phi) is 8.56. The molecule has 4 rings (SSSR count). The maximum Gasteiger partial charge on any atom is 0.238 e. The van der Waals surface area contributed by atoms with Crippen LogP contribution in [0.2, 0.25) is 5.02 Å². The minimum Gasteiger partial charge on any atom is -0.493 e. The van der Waals surface area contributed by atoms with Gasteiger partial charge in [0.2, 0.25) is 11.8 Å². The average molecular weight is 589 g/mol. The summed E-state index contributed by atoms with van der Waals surface area (Å²) >= 11 is 10.7. The molecule has 0 radical (unpaired) electrons. The monoisotopic (exact) mass is 587 g/mol. The number of nitrogens with zero attached hydrogens (tertiary/aromatic N) is 2. The van der Waals surface area contributed by atoms with Crippen LogP contribution in [0.25, 0.3) is 0 Å². The lowest BCUT2D eigenvalue weighted by Gasteiger charge is -2.32. The topological polar surface area (TPSA) is 80.2 Å². The van der Waals surface area contributed by atoms with Crippen LogP contribution in [0, 0.1) is 0 Å². The van der Waals surface area contributed by atoms with Gasteiger partial charge in [-0.25, -0.2) is 4.99 Å². The van der Waals surface area contributed by atoms with Gasteiger partial charge in [0.1, 0.15) is 5.25 Å². The summed E-state index contributed by atoms with van der Waals surface area (Å²) in [5, 5.41) is 3.27. The number of benzene rings is 3. The smallest absolute Gasteiger partial charge is 0.238 e. The van der Waals surface area contributed by atoms with Crippen LogP contribution >= 0.6 is 39.3 Å². The normalized spacial score (nSPS) is 16.7. The minimum absolute atomic E-state index is 0.0391. The highest BCUT2D eigenvalue weighted by molar-refractivity contribution is 9.10. The van der Waals surface area contributed by atoms with Gasteiger partial charge in [-0.15, -0.1) is 0 Å². The molecule has 3 aromatic rings. The standard InChI is InChI=1S/C26H23BrClN3O4S/c1-34-21-11-6-16(12-22(21)35-2)15-31-24(32)14-23(25(33)29-20-5-3-4-17(27)13-20)36-26(31)30-19-9-7-18(28)8-10-19/h3-13,23H,14-15H2,1-2H3,(H,29,33). The Bertz CT molecular complexity index is 1300. The van der Waals surface area contributed by atoms with Crippen molar-refractivity contribution >= 4 is 67.6 Å². The number of hydrogen-bond donors (Lipinski definition) is 1. The lowest BCUT2D eigenvalue weighted by Crippen LogP contribution is -2.44. The lowest BCUT2D eigenvalue weighted by atomic mass is 10.1. The number of ether oxygens (including phenoxy) is 2. The van der Waals surface area contributed by atoms with Crippen LogP contribution in [-0.4, -0.2) is 41.4 Å². The molecule has 0 spiro atoms. The van der Waals surface area contributed by atoms with Crippen molar-refractivity contribution in [1.29, 1.82) is 0 Å². The van der Waals surface area contributed by atoms with Crippen LogP contribution in [0.15, 0.2) is 76.2 Å². The summed E-state index contributed by atoms with van der Waals surface area (Å²) in [6.45, 7) is 0.262. The second-order valence-electron chi connectivity index (χ2n) is 7.85. The number of carbonyl (C=O) groups is 2. The quantitative estimate of drug-likeness (QED) is 0.351. The second-order valence-corrected chi connectivity index (χ2v) is 10.4. The molecule has 0 bridgehead atoms. The van der Waals surface area contributed by atoms with Crippen molar-refractivity contribution in [2.45, 2.75) is 18.2 Å². The molecule has 36 heavy (non-hydrogen) atoms. The largest absolute Gasteiger partial charge is 0.493 e. The van der Waals surface area contributed by atoms with E-state index in [1.54, 1.807) is 61.6 Å². The second kappa shape index (κ2) is 11.8. The third-order valence-corrected chi connectivity index (χ3v) is 7.30. The van der Waals surface area contributed by atoms with Gasteiger partial charge in [0.05, 0.1) is 26.5 Å². The molecule has 1 fully saturated rings. The van der Waals surface area contributed by atoms with Crippen molar-refractivity contribution in [3.05, 3.63) is 81.8 Å². The molecule has 0 aliphatic carbocycles. The summed E-state index contributed by atoms with van der Waals surface area (Å²) in [6, 6.07) is 19.8. The first-order valence-electron chi connectivity index (χ1n) is 10.9. The molecule has 0 saturated carbocycles. The highest BCUT2D eigenvalue weighted by Gasteiger charge is 2.36. The summed E-state index contributed by atoms with van der Waals surface area (Å²) in [5.74, 6) is 0.696. The zero-order valence-electron chi connectivity index (χ0n) is 19.5. The number of nitrogens with one attached hydrogen (secondary N) is 1. The van der Waals surface area contributed by atoms with Gasteiger partial charge in [-0.1, -0.05) is 51.4 Å². The number of rotatable bonds is 7. The Morgan fingerprint density at radius 2 is 1.86 bits per heavy atom. The fourth-order valence-corrected chi connectivity index (χ4v) is 5.20. The van der Waals surface area contributed by atoms with Gasteiger partial charge in [0, 0.05) is 21.6 Å². The van der Waals surface area contributed by atoms with Crippen molar-refractivity contribution < 1.29 is 19.1 Å². The van der Waals surface area contributed by atoms with E-state index in [-0.39, 0.29) is 24.8 Å². The summed E-state index contributed by atoms with van der Waals surface area (Å²) in [6.07, 6.45) is 0.0391. The summed E-state index contributed by atoms with van der Waals surface area (Å²) in [5.41, 5.74) is 2.11. The van der Waals surface area contributed by atoms with E-state index in [0.29, 0.717) is 33.1 Å². The molecular formula is C26H23BrClN3O4S. The Hall–Kier alpha value is -3.01. The van der Waals surface area contributed by atoms with E-state index >= 15 is 0 Å². The maximum absolute atomic E-state index is 13.3. The fourth-order valence-electron chi connectivity index (χ4n) is 3.57.